The second-order valence-electron chi connectivity index (χ2n) is 11.2. The smallest absolute Gasteiger partial charge is 0.252 e. The van der Waals surface area contributed by atoms with Crippen LogP contribution in [0.5, 0.6) is 0 Å². The number of nitrogens with zero attached hydrogens (tertiary/aromatic N) is 3. The summed E-state index contributed by atoms with van der Waals surface area (Å²) in [7, 11) is 0. The van der Waals surface area contributed by atoms with E-state index in [4.69, 9.17) is 10.5 Å². The van der Waals surface area contributed by atoms with Gasteiger partial charge in [-0.2, -0.15) is 0 Å². The van der Waals surface area contributed by atoms with Gasteiger partial charge in [0.25, 0.3) is 5.91 Å². The highest BCUT2D eigenvalue weighted by Gasteiger charge is 2.55. The van der Waals surface area contributed by atoms with E-state index in [-0.39, 0.29) is 36.8 Å². The van der Waals surface area contributed by atoms with E-state index in [9.17, 15) is 14.4 Å². The summed E-state index contributed by atoms with van der Waals surface area (Å²) in [5.74, 6) is -0.543. The number of carbonyl (C=O) groups excluding carboxylic acids is 3. The molecule has 36 heavy (non-hydrogen) atoms. The Morgan fingerprint density at radius 2 is 1.69 bits per heavy atom. The summed E-state index contributed by atoms with van der Waals surface area (Å²) in [6.07, 6.45) is 6.11. The van der Waals surface area contributed by atoms with Crippen LogP contribution in [0.15, 0.2) is 24.3 Å². The summed E-state index contributed by atoms with van der Waals surface area (Å²) in [4.78, 5) is 46.3. The van der Waals surface area contributed by atoms with Gasteiger partial charge in [-0.25, -0.2) is 0 Å². The van der Waals surface area contributed by atoms with E-state index >= 15 is 0 Å². The number of hydrogen-bond acceptors (Lipinski definition) is 7. The van der Waals surface area contributed by atoms with Crippen LogP contribution in [-0.2, 0) is 14.3 Å². The molecular weight excluding hydrogens is 458 g/mol. The maximum absolute atomic E-state index is 13.9. The minimum atomic E-state index is -1.01. The molecule has 5 aliphatic rings. The van der Waals surface area contributed by atoms with Crippen LogP contribution >= 0.6 is 0 Å². The van der Waals surface area contributed by atoms with Gasteiger partial charge in [0.2, 0.25) is 5.91 Å². The predicted octanol–water partition coefficient (Wildman–Crippen LogP) is 0.910. The van der Waals surface area contributed by atoms with Crippen LogP contribution in [0.4, 0.5) is 5.69 Å². The molecule has 3 aliphatic heterocycles. The van der Waals surface area contributed by atoms with Gasteiger partial charge in [-0.15, -0.1) is 0 Å². The van der Waals surface area contributed by atoms with Crippen LogP contribution in [0.25, 0.3) is 0 Å². The zero-order chi connectivity index (χ0) is 24.9. The van der Waals surface area contributed by atoms with Crippen molar-refractivity contribution in [3.8, 4) is 0 Å². The van der Waals surface area contributed by atoms with Gasteiger partial charge in [-0.1, -0.05) is 19.3 Å². The molecule has 1 aromatic rings. The number of nitrogens with two attached hydrogens (primary N) is 1. The number of benzene rings is 1. The van der Waals surface area contributed by atoms with Crippen LogP contribution in [0.1, 0.15) is 55.3 Å². The van der Waals surface area contributed by atoms with Crippen molar-refractivity contribution in [1.29, 1.82) is 0 Å². The van der Waals surface area contributed by atoms with E-state index in [2.05, 4.69) is 15.1 Å². The van der Waals surface area contributed by atoms with E-state index in [1.807, 2.05) is 24.3 Å². The lowest BCUT2D eigenvalue weighted by Gasteiger charge is -2.40. The fraction of sp³-hybridized carbons (Fsp3) is 0.667. The Hall–Kier alpha value is -2.49. The molecule has 2 saturated carbocycles. The second kappa shape index (κ2) is 9.43. The Morgan fingerprint density at radius 3 is 2.36 bits per heavy atom. The van der Waals surface area contributed by atoms with Crippen LogP contribution in [0, 0.1) is 0 Å². The highest BCUT2D eigenvalue weighted by atomic mass is 16.5. The van der Waals surface area contributed by atoms with Crippen LogP contribution in [0.2, 0.25) is 0 Å². The molecule has 2 amide bonds. The first-order chi connectivity index (χ1) is 17.4. The second-order valence-corrected chi connectivity index (χ2v) is 11.2. The topological polar surface area (TPSA) is 108 Å². The van der Waals surface area contributed by atoms with E-state index in [1.165, 1.54) is 12.8 Å². The molecule has 0 unspecified atom stereocenters. The highest BCUT2D eigenvalue weighted by molar-refractivity contribution is 6.01. The molecule has 0 bridgehead atoms. The normalized spacial score (nSPS) is 30.4. The third-order valence-corrected chi connectivity index (χ3v) is 8.83. The highest BCUT2D eigenvalue weighted by Crippen LogP contribution is 2.35. The first kappa shape index (κ1) is 23.9. The van der Waals surface area contributed by atoms with Crippen molar-refractivity contribution in [1.82, 2.24) is 15.1 Å². The fourth-order valence-electron chi connectivity index (χ4n) is 6.62. The molecule has 0 spiro atoms. The summed E-state index contributed by atoms with van der Waals surface area (Å²) in [5, 5.41) is 3.12. The van der Waals surface area contributed by atoms with Gasteiger partial charge in [0, 0.05) is 50.0 Å². The SMILES string of the molecule is N[C@H]1CN(C(=O)C2(NC(=O)c3ccc(N4CCN(C5CC5)CC4)cc3)CCCCC2)[C@@H]2C(=O)CO[C@@H]21. The number of amides is 2. The third kappa shape index (κ3) is 4.31. The third-order valence-electron chi connectivity index (χ3n) is 8.83. The van der Waals surface area contributed by atoms with Gasteiger partial charge >= 0.3 is 0 Å². The number of carbonyl (C=O) groups is 3. The molecule has 6 rings (SSSR count). The number of Topliss-reactive ketones (excluding diaryl/α,β-unsaturated/α-hetero) is 1. The Morgan fingerprint density at radius 1 is 1.00 bits per heavy atom. The zero-order valence-corrected chi connectivity index (χ0v) is 20.9. The minimum Gasteiger partial charge on any atom is -0.369 e. The van der Waals surface area contributed by atoms with Crippen LogP contribution in [-0.4, -0.2) is 96.5 Å². The molecule has 0 aromatic heterocycles. The maximum Gasteiger partial charge on any atom is 0.252 e. The molecule has 5 fully saturated rings. The Kier molecular flexibility index (Phi) is 6.25. The monoisotopic (exact) mass is 495 g/mol. The maximum atomic E-state index is 13.9. The molecule has 0 radical (unpaired) electrons. The Bertz CT molecular complexity index is 1010. The number of ether oxygens (including phenoxy) is 1. The van der Waals surface area contributed by atoms with Crippen LogP contribution < -0.4 is 16.0 Å². The summed E-state index contributed by atoms with van der Waals surface area (Å²) in [5.41, 5.74) is 6.87. The molecule has 9 nitrogen and oxygen atoms in total. The van der Waals surface area contributed by atoms with E-state index in [0.29, 0.717) is 18.4 Å². The molecule has 1 aromatic carbocycles. The number of hydrogen-bond donors (Lipinski definition) is 2. The number of ketones is 1. The van der Waals surface area contributed by atoms with Crippen molar-refractivity contribution in [2.45, 2.75) is 74.7 Å². The summed E-state index contributed by atoms with van der Waals surface area (Å²) in [6.45, 7) is 4.46. The fourth-order valence-corrected chi connectivity index (χ4v) is 6.62. The van der Waals surface area contributed by atoms with Crippen LogP contribution in [0.3, 0.4) is 0 Å². The van der Waals surface area contributed by atoms with Gasteiger partial charge in [0.1, 0.15) is 24.3 Å². The molecule has 3 heterocycles. The molecule has 2 aliphatic carbocycles. The number of anilines is 1. The van der Waals surface area contributed by atoms with Gasteiger partial charge in [-0.05, 0) is 49.9 Å². The lowest BCUT2D eigenvalue weighted by molar-refractivity contribution is -0.143. The Balaban J connectivity index is 1.15. The molecule has 9 heteroatoms. The van der Waals surface area contributed by atoms with Crippen molar-refractivity contribution in [2.75, 3.05) is 44.2 Å². The van der Waals surface area contributed by atoms with Crippen molar-refractivity contribution < 1.29 is 19.1 Å². The zero-order valence-electron chi connectivity index (χ0n) is 20.9. The summed E-state index contributed by atoms with van der Waals surface area (Å²) >= 11 is 0. The number of rotatable bonds is 5. The molecule has 3 atom stereocenters. The molecule has 3 saturated heterocycles. The lowest BCUT2D eigenvalue weighted by Crippen LogP contribution is -2.62. The summed E-state index contributed by atoms with van der Waals surface area (Å²) < 4.78 is 5.57. The van der Waals surface area contributed by atoms with Crippen molar-refractivity contribution in [2.24, 2.45) is 5.73 Å². The average Bonchev–Trinajstić information content (AvgIpc) is 3.61. The molecule has 194 valence electrons. The van der Waals surface area contributed by atoms with Crippen molar-refractivity contribution >= 4 is 23.3 Å². The average molecular weight is 496 g/mol. The molecule has 3 N–H and O–H groups in total. The Labute approximate surface area is 212 Å². The van der Waals surface area contributed by atoms with Gasteiger partial charge in [-0.3, -0.25) is 19.3 Å². The minimum absolute atomic E-state index is 0.00580. The first-order valence-corrected chi connectivity index (χ1v) is 13.6. The van der Waals surface area contributed by atoms with Gasteiger partial charge in [0.05, 0.1) is 6.04 Å². The molecular formula is C27H37N5O4. The lowest BCUT2D eigenvalue weighted by atomic mass is 9.80. The van der Waals surface area contributed by atoms with Crippen molar-refractivity contribution in [3.63, 3.8) is 0 Å². The van der Waals surface area contributed by atoms with E-state index < -0.39 is 17.7 Å². The quantitative estimate of drug-likeness (QED) is 0.625. The van der Waals surface area contributed by atoms with E-state index in [0.717, 1.165) is 57.2 Å². The first-order valence-electron chi connectivity index (χ1n) is 13.6. The largest absolute Gasteiger partial charge is 0.369 e. The number of nitrogens with one attached hydrogen (secondary N) is 1. The standard InChI is InChI=1S/C27H37N5O4/c28-21-16-32(23-22(33)17-36-24(21)23)26(35)27(10-2-1-3-11-27)29-25(34)18-4-6-19(7-5-18)30-12-14-31(15-13-30)20-8-9-20/h4-7,20-21,23-24H,1-3,8-17,28H2,(H,29,34)/t21-,23+,24+/m0/s1. The predicted molar refractivity (Wildman–Crippen MR) is 135 cm³/mol. The number of piperazine rings is 1. The number of fused-ring (bicyclic) bond motifs is 1. The van der Waals surface area contributed by atoms with Crippen molar-refractivity contribution in [3.05, 3.63) is 29.8 Å². The van der Waals surface area contributed by atoms with Gasteiger partial charge in [0.15, 0.2) is 5.78 Å². The number of likely N-dealkylation sites (tertiary alicyclic amines) is 1. The van der Waals surface area contributed by atoms with E-state index in [1.54, 1.807) is 4.90 Å². The summed E-state index contributed by atoms with van der Waals surface area (Å²) in [6, 6.07) is 7.51. The van der Waals surface area contributed by atoms with Gasteiger partial charge < -0.3 is 25.6 Å².